The van der Waals surface area contributed by atoms with Crippen LogP contribution in [0.2, 0.25) is 0 Å². The number of ether oxygens (including phenoxy) is 1. The van der Waals surface area contributed by atoms with Crippen molar-refractivity contribution in [2.75, 3.05) is 19.0 Å². The minimum absolute atomic E-state index is 0.0435. The number of nitrogens with zero attached hydrogens (tertiary/aromatic N) is 3. The molecule has 0 saturated heterocycles. The molecule has 0 fully saturated rings. The zero-order valence-electron chi connectivity index (χ0n) is 14.1. The van der Waals surface area contributed by atoms with Crippen LogP contribution in [0.3, 0.4) is 0 Å². The molecule has 130 valence electrons. The number of pyridine rings is 1. The molecule has 2 aromatic heterocycles. The summed E-state index contributed by atoms with van der Waals surface area (Å²) in [4.78, 5) is 8.71. The quantitative estimate of drug-likeness (QED) is 0.682. The molecule has 2 heterocycles. The lowest BCUT2D eigenvalue weighted by Crippen LogP contribution is -2.19. The molecule has 7 nitrogen and oxygen atoms in total. The van der Waals surface area contributed by atoms with E-state index in [9.17, 15) is 0 Å². The van der Waals surface area contributed by atoms with E-state index >= 15 is 0 Å². The van der Waals surface area contributed by atoms with Gasteiger partial charge in [-0.2, -0.15) is 4.98 Å². The number of benzene rings is 1. The first-order valence-corrected chi connectivity index (χ1v) is 7.97. The molecule has 0 aliphatic carbocycles. The van der Waals surface area contributed by atoms with E-state index in [2.05, 4.69) is 20.4 Å². The first-order chi connectivity index (χ1) is 12.2. The molecule has 0 amide bonds. The number of aliphatic hydroxyl groups is 1. The third-order valence-electron chi connectivity index (χ3n) is 3.67. The molecule has 3 aromatic rings. The van der Waals surface area contributed by atoms with Crippen molar-refractivity contribution in [2.45, 2.75) is 19.4 Å². The summed E-state index contributed by atoms with van der Waals surface area (Å²) in [5.41, 5.74) is 1.82. The van der Waals surface area contributed by atoms with Crippen LogP contribution in [-0.2, 0) is 6.42 Å². The second kappa shape index (κ2) is 7.76. The summed E-state index contributed by atoms with van der Waals surface area (Å²) >= 11 is 0. The molecule has 2 N–H and O–H groups in total. The number of anilines is 1. The van der Waals surface area contributed by atoms with Crippen molar-refractivity contribution < 1.29 is 14.4 Å². The normalized spacial score (nSPS) is 12.0. The van der Waals surface area contributed by atoms with Crippen molar-refractivity contribution in [3.63, 3.8) is 0 Å². The van der Waals surface area contributed by atoms with Gasteiger partial charge < -0.3 is 19.7 Å². The van der Waals surface area contributed by atoms with Crippen LogP contribution in [0.5, 0.6) is 5.75 Å². The van der Waals surface area contributed by atoms with Gasteiger partial charge in [0, 0.05) is 18.7 Å². The molecule has 25 heavy (non-hydrogen) atoms. The summed E-state index contributed by atoms with van der Waals surface area (Å²) in [6.45, 7) is 1.92. The summed E-state index contributed by atoms with van der Waals surface area (Å²) in [6, 6.07) is 11.4. The molecule has 0 aliphatic rings. The summed E-state index contributed by atoms with van der Waals surface area (Å²) in [6.07, 6.45) is 2.24. The fourth-order valence-corrected chi connectivity index (χ4v) is 2.27. The van der Waals surface area contributed by atoms with Crippen molar-refractivity contribution in [1.29, 1.82) is 0 Å². The van der Waals surface area contributed by atoms with E-state index in [1.165, 1.54) is 0 Å². The average molecular weight is 340 g/mol. The maximum Gasteiger partial charge on any atom is 0.259 e. The van der Waals surface area contributed by atoms with E-state index in [0.717, 1.165) is 16.9 Å². The maximum atomic E-state index is 9.05. The summed E-state index contributed by atoms with van der Waals surface area (Å²) < 4.78 is 10.5. The summed E-state index contributed by atoms with van der Waals surface area (Å²) in [5.74, 6) is 2.53. The van der Waals surface area contributed by atoms with E-state index in [1.54, 1.807) is 13.3 Å². The van der Waals surface area contributed by atoms with E-state index in [1.807, 2.05) is 43.3 Å². The van der Waals surface area contributed by atoms with Crippen molar-refractivity contribution in [3.05, 3.63) is 54.0 Å². The van der Waals surface area contributed by atoms with Gasteiger partial charge in [0.05, 0.1) is 19.3 Å². The first-order valence-electron chi connectivity index (χ1n) is 7.97. The van der Waals surface area contributed by atoms with Crippen molar-refractivity contribution in [2.24, 2.45) is 0 Å². The minimum Gasteiger partial charge on any atom is -0.497 e. The number of rotatable bonds is 7. The molecule has 3 rings (SSSR count). The molecule has 0 saturated carbocycles. The Hall–Kier alpha value is -2.93. The molecule has 0 spiro atoms. The molecule has 0 radical (unpaired) electrons. The van der Waals surface area contributed by atoms with Crippen LogP contribution in [0.4, 0.5) is 5.82 Å². The van der Waals surface area contributed by atoms with Crippen LogP contribution in [0.25, 0.3) is 11.5 Å². The highest BCUT2D eigenvalue weighted by Crippen LogP contribution is 2.19. The van der Waals surface area contributed by atoms with Crippen molar-refractivity contribution in [1.82, 2.24) is 15.1 Å². The summed E-state index contributed by atoms with van der Waals surface area (Å²) in [7, 11) is 1.64. The molecule has 7 heteroatoms. The van der Waals surface area contributed by atoms with Gasteiger partial charge in [-0.1, -0.05) is 17.3 Å². The minimum atomic E-state index is -0.0575. The van der Waals surface area contributed by atoms with E-state index in [0.29, 0.717) is 24.0 Å². The standard InChI is InChI=1S/C18H20N4O3/c1-12(11-23)20-16-8-5-14(10-19-16)18-21-17(22-25-18)9-13-3-6-15(24-2)7-4-13/h3-8,10,12,23H,9,11H2,1-2H3,(H,19,20)/t12-/m1/s1. The average Bonchev–Trinajstić information content (AvgIpc) is 3.11. The lowest BCUT2D eigenvalue weighted by atomic mass is 10.1. The number of aromatic nitrogens is 3. The van der Waals surface area contributed by atoms with E-state index in [-0.39, 0.29) is 12.6 Å². The lowest BCUT2D eigenvalue weighted by molar-refractivity contribution is 0.281. The Morgan fingerprint density at radius 3 is 2.64 bits per heavy atom. The molecule has 0 aliphatic heterocycles. The van der Waals surface area contributed by atoms with Gasteiger partial charge in [-0.15, -0.1) is 0 Å². The summed E-state index contributed by atoms with van der Waals surface area (Å²) in [5, 5.41) is 16.2. The molecule has 0 unspecified atom stereocenters. The van der Waals surface area contributed by atoms with Gasteiger partial charge in [-0.3, -0.25) is 0 Å². The Morgan fingerprint density at radius 1 is 1.20 bits per heavy atom. The Morgan fingerprint density at radius 2 is 2.00 bits per heavy atom. The zero-order valence-corrected chi connectivity index (χ0v) is 14.1. The maximum absolute atomic E-state index is 9.05. The monoisotopic (exact) mass is 340 g/mol. The molecule has 1 aromatic carbocycles. The topological polar surface area (TPSA) is 93.3 Å². The highest BCUT2D eigenvalue weighted by molar-refractivity contribution is 5.54. The predicted molar refractivity (Wildman–Crippen MR) is 93.5 cm³/mol. The lowest BCUT2D eigenvalue weighted by Gasteiger charge is -2.10. The van der Waals surface area contributed by atoms with Gasteiger partial charge in [0.25, 0.3) is 5.89 Å². The van der Waals surface area contributed by atoms with Crippen molar-refractivity contribution in [3.8, 4) is 17.2 Å². The molecular weight excluding hydrogens is 320 g/mol. The second-order valence-corrected chi connectivity index (χ2v) is 5.70. The van der Waals surface area contributed by atoms with Crippen LogP contribution in [0, 0.1) is 0 Å². The van der Waals surface area contributed by atoms with Gasteiger partial charge >= 0.3 is 0 Å². The van der Waals surface area contributed by atoms with Gasteiger partial charge in [0.2, 0.25) is 0 Å². The van der Waals surface area contributed by atoms with Gasteiger partial charge in [-0.05, 0) is 36.8 Å². The highest BCUT2D eigenvalue weighted by atomic mass is 16.5. The third-order valence-corrected chi connectivity index (χ3v) is 3.67. The van der Waals surface area contributed by atoms with Crippen LogP contribution < -0.4 is 10.1 Å². The van der Waals surface area contributed by atoms with Crippen LogP contribution in [0.15, 0.2) is 47.1 Å². The Kier molecular flexibility index (Phi) is 5.25. The fraction of sp³-hybridized carbons (Fsp3) is 0.278. The third kappa shape index (κ3) is 4.33. The number of methoxy groups -OCH3 is 1. The van der Waals surface area contributed by atoms with Gasteiger partial charge in [0.1, 0.15) is 11.6 Å². The number of nitrogens with one attached hydrogen (secondary N) is 1. The van der Waals surface area contributed by atoms with Crippen LogP contribution in [-0.4, -0.2) is 40.0 Å². The largest absolute Gasteiger partial charge is 0.497 e. The molecular formula is C18H20N4O3. The molecule has 0 bridgehead atoms. The number of hydrogen-bond donors (Lipinski definition) is 2. The molecule has 1 atom stereocenters. The Labute approximate surface area is 145 Å². The Balaban J connectivity index is 1.68. The number of hydrogen-bond acceptors (Lipinski definition) is 7. The van der Waals surface area contributed by atoms with Gasteiger partial charge in [-0.25, -0.2) is 4.98 Å². The van der Waals surface area contributed by atoms with Crippen LogP contribution >= 0.6 is 0 Å². The SMILES string of the molecule is COc1ccc(Cc2noc(-c3ccc(N[C@H](C)CO)nc3)n2)cc1. The van der Waals surface area contributed by atoms with Crippen LogP contribution in [0.1, 0.15) is 18.3 Å². The number of aliphatic hydroxyl groups excluding tert-OH is 1. The predicted octanol–water partition coefficient (Wildman–Crippen LogP) is 2.52. The van der Waals surface area contributed by atoms with E-state index in [4.69, 9.17) is 14.4 Å². The second-order valence-electron chi connectivity index (χ2n) is 5.70. The smallest absolute Gasteiger partial charge is 0.259 e. The highest BCUT2D eigenvalue weighted by Gasteiger charge is 2.10. The van der Waals surface area contributed by atoms with E-state index < -0.39 is 0 Å². The van der Waals surface area contributed by atoms with Gasteiger partial charge in [0.15, 0.2) is 5.82 Å². The first kappa shape index (κ1) is 16.9. The fourth-order valence-electron chi connectivity index (χ4n) is 2.27. The Bertz CT molecular complexity index is 800. The zero-order chi connectivity index (χ0) is 17.6. The van der Waals surface area contributed by atoms with Crippen molar-refractivity contribution >= 4 is 5.82 Å².